The summed E-state index contributed by atoms with van der Waals surface area (Å²) < 4.78 is 44.2. The van der Waals surface area contributed by atoms with Crippen molar-refractivity contribution in [2.24, 2.45) is 0 Å². The van der Waals surface area contributed by atoms with Gasteiger partial charge < -0.3 is 20.3 Å². The van der Waals surface area contributed by atoms with E-state index in [0.717, 1.165) is 11.3 Å². The van der Waals surface area contributed by atoms with E-state index in [2.05, 4.69) is 15.3 Å². The molecule has 39 heavy (non-hydrogen) atoms. The number of halogens is 4. The zero-order chi connectivity index (χ0) is 26.7. The highest BCUT2D eigenvalue weighted by molar-refractivity contribution is 5.94. The number of urea groups is 1. The lowest BCUT2D eigenvalue weighted by Gasteiger charge is -2.26. The maximum Gasteiger partial charge on any atom is 0.405 e. The molecule has 13 heteroatoms. The molecule has 2 N–H and O–H groups in total. The summed E-state index contributed by atoms with van der Waals surface area (Å²) in [6.07, 6.45) is 0.571. The van der Waals surface area contributed by atoms with E-state index in [1.807, 2.05) is 28.8 Å². The van der Waals surface area contributed by atoms with Gasteiger partial charge in [-0.2, -0.15) is 13.2 Å². The van der Waals surface area contributed by atoms with Gasteiger partial charge in [0.05, 0.1) is 36.4 Å². The molecule has 5 rings (SSSR count). The number of aromatic nitrogens is 3. The Hall–Kier alpha value is -4.16. The molecule has 3 aromatic heterocycles. The van der Waals surface area contributed by atoms with Gasteiger partial charge in [0.2, 0.25) is 0 Å². The largest absolute Gasteiger partial charge is 0.405 e. The van der Waals surface area contributed by atoms with E-state index in [1.165, 1.54) is 0 Å². The van der Waals surface area contributed by atoms with Gasteiger partial charge in [-0.25, -0.2) is 9.78 Å². The van der Waals surface area contributed by atoms with Crippen LogP contribution in [0.5, 0.6) is 0 Å². The van der Waals surface area contributed by atoms with Gasteiger partial charge in [-0.1, -0.05) is 12.1 Å². The van der Waals surface area contributed by atoms with Crippen LogP contribution in [0.25, 0.3) is 28.2 Å². The number of pyridine rings is 2. The first-order valence-corrected chi connectivity index (χ1v) is 11.8. The van der Waals surface area contributed by atoms with Gasteiger partial charge in [0.15, 0.2) is 0 Å². The number of anilines is 1. The fourth-order valence-electron chi connectivity index (χ4n) is 4.11. The minimum Gasteiger partial charge on any atom is -0.378 e. The van der Waals surface area contributed by atoms with Gasteiger partial charge in [0, 0.05) is 42.3 Å². The molecular formula is C26H24ClF3N6O3. The lowest BCUT2D eigenvalue weighted by molar-refractivity contribution is -0.122. The summed E-state index contributed by atoms with van der Waals surface area (Å²) in [6, 6.07) is 13.1. The van der Waals surface area contributed by atoms with Crippen molar-refractivity contribution < 1.29 is 27.5 Å². The van der Waals surface area contributed by atoms with Crippen LogP contribution >= 0.6 is 12.4 Å². The highest BCUT2D eigenvalue weighted by Gasteiger charge is 2.27. The molecule has 1 aliphatic rings. The predicted octanol–water partition coefficient (Wildman–Crippen LogP) is 4.64. The highest BCUT2D eigenvalue weighted by Crippen LogP contribution is 2.26. The first-order chi connectivity index (χ1) is 18.3. The van der Waals surface area contributed by atoms with Crippen LogP contribution < -0.4 is 10.6 Å². The SMILES string of the molecule is Cl.O=C(NCC(F)(F)F)Nc1cccc(-c2cnc3cc(-c4ccc(C(=O)N5CCOCC5)cn4)ccn23)c1. The molecule has 0 aliphatic carbocycles. The van der Waals surface area contributed by atoms with E-state index in [1.54, 1.807) is 52.9 Å². The first kappa shape index (κ1) is 27.9. The Labute approximate surface area is 227 Å². The topological polar surface area (TPSA) is 101 Å². The second kappa shape index (κ2) is 11.7. The number of benzene rings is 1. The predicted molar refractivity (Wildman–Crippen MR) is 141 cm³/mol. The second-order valence-corrected chi connectivity index (χ2v) is 8.63. The summed E-state index contributed by atoms with van der Waals surface area (Å²) in [7, 11) is 0. The standard InChI is InChI=1S/C26H23F3N6O3.ClH/c27-26(28,29)16-32-25(37)33-20-3-1-2-18(12-20)22-15-31-23-13-17(6-7-35(22)23)21-5-4-19(14-30-21)24(36)34-8-10-38-11-9-34;/h1-7,12-15H,8-11,16H2,(H2,32,33,37);1H. The van der Waals surface area contributed by atoms with E-state index >= 15 is 0 Å². The molecule has 204 valence electrons. The molecule has 1 aromatic carbocycles. The number of carbonyl (C=O) groups excluding carboxylic acids is 2. The summed E-state index contributed by atoms with van der Waals surface area (Å²) in [6.45, 7) is 0.757. The number of alkyl halides is 3. The molecular weight excluding hydrogens is 537 g/mol. The average molecular weight is 561 g/mol. The number of carbonyl (C=O) groups is 2. The Morgan fingerprint density at radius 3 is 2.49 bits per heavy atom. The summed E-state index contributed by atoms with van der Waals surface area (Å²) in [4.78, 5) is 35.2. The number of amides is 3. The molecule has 4 aromatic rings. The van der Waals surface area contributed by atoms with Crippen LogP contribution in [0.15, 0.2) is 67.1 Å². The van der Waals surface area contributed by atoms with Crippen molar-refractivity contribution in [2.75, 3.05) is 38.2 Å². The number of imidazole rings is 1. The third-order valence-corrected chi connectivity index (χ3v) is 5.98. The van der Waals surface area contributed by atoms with Gasteiger partial charge in [-0.3, -0.25) is 14.2 Å². The van der Waals surface area contributed by atoms with Gasteiger partial charge in [-0.05, 0) is 36.4 Å². The quantitative estimate of drug-likeness (QED) is 0.370. The average Bonchev–Trinajstić information content (AvgIpc) is 3.35. The van der Waals surface area contributed by atoms with Gasteiger partial charge in [0.1, 0.15) is 12.2 Å². The van der Waals surface area contributed by atoms with Crippen molar-refractivity contribution in [1.82, 2.24) is 24.6 Å². The lowest BCUT2D eigenvalue weighted by Crippen LogP contribution is -2.40. The van der Waals surface area contributed by atoms with Crippen molar-refractivity contribution in [2.45, 2.75) is 6.18 Å². The second-order valence-electron chi connectivity index (χ2n) is 8.63. The molecule has 3 amide bonds. The number of morpholine rings is 1. The van der Waals surface area contributed by atoms with Crippen molar-refractivity contribution in [3.05, 3.63) is 72.7 Å². The maximum atomic E-state index is 12.7. The molecule has 9 nitrogen and oxygen atoms in total. The van der Waals surface area contributed by atoms with Crippen LogP contribution in [0.2, 0.25) is 0 Å². The van der Waals surface area contributed by atoms with Gasteiger partial charge >= 0.3 is 12.2 Å². The zero-order valence-electron chi connectivity index (χ0n) is 20.4. The minimum absolute atomic E-state index is 0. The van der Waals surface area contributed by atoms with Crippen molar-refractivity contribution in [1.29, 1.82) is 0 Å². The van der Waals surface area contributed by atoms with Crippen LogP contribution in [0.4, 0.5) is 23.7 Å². The number of nitrogens with zero attached hydrogens (tertiary/aromatic N) is 4. The van der Waals surface area contributed by atoms with Crippen LogP contribution in [0.1, 0.15) is 10.4 Å². The molecule has 0 unspecified atom stereocenters. The molecule has 1 aliphatic heterocycles. The number of hydrogen-bond acceptors (Lipinski definition) is 5. The molecule has 4 heterocycles. The van der Waals surface area contributed by atoms with E-state index in [9.17, 15) is 22.8 Å². The Balaban J connectivity index is 0.00000353. The molecule has 0 bridgehead atoms. The Kier molecular flexibility index (Phi) is 8.36. The summed E-state index contributed by atoms with van der Waals surface area (Å²) >= 11 is 0. The van der Waals surface area contributed by atoms with E-state index in [-0.39, 0.29) is 18.3 Å². The number of nitrogens with one attached hydrogen (secondary N) is 2. The maximum absolute atomic E-state index is 12.7. The van der Waals surface area contributed by atoms with Crippen LogP contribution in [-0.2, 0) is 4.74 Å². The van der Waals surface area contributed by atoms with Crippen molar-refractivity contribution >= 4 is 35.7 Å². The first-order valence-electron chi connectivity index (χ1n) is 11.8. The Bertz CT molecular complexity index is 1470. The summed E-state index contributed by atoms with van der Waals surface area (Å²) in [5, 5.41) is 4.19. The smallest absolute Gasteiger partial charge is 0.378 e. The number of hydrogen-bond donors (Lipinski definition) is 2. The van der Waals surface area contributed by atoms with Crippen LogP contribution in [0, 0.1) is 0 Å². The molecule has 1 saturated heterocycles. The molecule has 0 atom stereocenters. The van der Waals surface area contributed by atoms with Crippen molar-refractivity contribution in [3.8, 4) is 22.5 Å². The van der Waals surface area contributed by atoms with Gasteiger partial charge in [-0.15, -0.1) is 12.4 Å². The molecule has 0 saturated carbocycles. The van der Waals surface area contributed by atoms with E-state index in [4.69, 9.17) is 4.74 Å². The molecule has 0 spiro atoms. The third kappa shape index (κ3) is 6.65. The fourth-order valence-corrected chi connectivity index (χ4v) is 4.11. The van der Waals surface area contributed by atoms with Crippen LogP contribution in [-0.4, -0.2) is 70.2 Å². The monoisotopic (exact) mass is 560 g/mol. The fraction of sp³-hybridized carbons (Fsp3) is 0.231. The highest BCUT2D eigenvalue weighted by atomic mass is 35.5. The Morgan fingerprint density at radius 1 is 0.974 bits per heavy atom. The van der Waals surface area contributed by atoms with Crippen molar-refractivity contribution in [3.63, 3.8) is 0 Å². The minimum atomic E-state index is -4.49. The normalized spacial score (nSPS) is 13.6. The number of fused-ring (bicyclic) bond motifs is 1. The summed E-state index contributed by atoms with van der Waals surface area (Å²) in [5.41, 5.74) is 4.44. The molecule has 1 fully saturated rings. The van der Waals surface area contributed by atoms with Gasteiger partial charge in [0.25, 0.3) is 5.91 Å². The zero-order valence-corrected chi connectivity index (χ0v) is 21.3. The number of rotatable bonds is 5. The number of ether oxygens (including phenoxy) is 1. The Morgan fingerprint density at radius 2 is 1.77 bits per heavy atom. The molecule has 0 radical (unpaired) electrons. The summed E-state index contributed by atoms with van der Waals surface area (Å²) in [5.74, 6) is -0.0738. The van der Waals surface area contributed by atoms with E-state index in [0.29, 0.717) is 54.5 Å². The van der Waals surface area contributed by atoms with E-state index < -0.39 is 18.8 Å². The third-order valence-electron chi connectivity index (χ3n) is 5.98. The van der Waals surface area contributed by atoms with Crippen LogP contribution in [0.3, 0.4) is 0 Å². The lowest BCUT2D eigenvalue weighted by atomic mass is 10.1.